The molecule has 23 heavy (non-hydrogen) atoms. The van der Waals surface area contributed by atoms with Crippen LogP contribution in [0.25, 0.3) is 0 Å². The molecule has 1 aliphatic rings. The Balaban J connectivity index is 0.00000484. The van der Waals surface area contributed by atoms with Crippen molar-refractivity contribution in [1.82, 2.24) is 15.5 Å². The predicted molar refractivity (Wildman–Crippen MR) is 105 cm³/mol. The summed E-state index contributed by atoms with van der Waals surface area (Å²) in [5.74, 6) is 0.735. The highest BCUT2D eigenvalue weighted by Gasteiger charge is 2.41. The van der Waals surface area contributed by atoms with Crippen LogP contribution in [-0.4, -0.2) is 63.7 Å². The van der Waals surface area contributed by atoms with E-state index in [0.717, 1.165) is 32.0 Å². The zero-order chi connectivity index (χ0) is 16.6. The zero-order valence-corrected chi connectivity index (χ0v) is 17.5. The lowest BCUT2D eigenvalue weighted by atomic mass is 10.0. The standard InChI is InChI=1S/C16H32N4O2.HI/c1-6-13(2)19-15(17-11-14(21)20(3)4)18-12-16(7-8-16)9-10-22-5;/h13H,6-12H2,1-5H3,(H2,17,18,19);1H. The van der Waals surface area contributed by atoms with Crippen molar-refractivity contribution in [3.8, 4) is 0 Å². The van der Waals surface area contributed by atoms with Crippen LogP contribution >= 0.6 is 24.0 Å². The maximum absolute atomic E-state index is 11.7. The third-order valence-electron chi connectivity index (χ3n) is 4.29. The molecule has 0 aromatic rings. The van der Waals surface area contributed by atoms with E-state index in [4.69, 9.17) is 4.74 Å². The smallest absolute Gasteiger partial charge is 0.243 e. The van der Waals surface area contributed by atoms with Gasteiger partial charge in [-0.1, -0.05) is 6.92 Å². The van der Waals surface area contributed by atoms with Crippen molar-refractivity contribution in [3.63, 3.8) is 0 Å². The predicted octanol–water partition coefficient (Wildman–Crippen LogP) is 1.84. The maximum Gasteiger partial charge on any atom is 0.243 e. The molecule has 0 radical (unpaired) electrons. The minimum Gasteiger partial charge on any atom is -0.385 e. The number of rotatable bonds is 9. The molecule has 136 valence electrons. The van der Waals surface area contributed by atoms with E-state index in [1.54, 1.807) is 26.1 Å². The number of hydrogen-bond acceptors (Lipinski definition) is 3. The summed E-state index contributed by atoms with van der Waals surface area (Å²) in [7, 11) is 5.24. The first-order chi connectivity index (χ1) is 10.4. The zero-order valence-electron chi connectivity index (χ0n) is 15.1. The molecule has 6 nitrogen and oxygen atoms in total. The molecule has 1 amide bonds. The van der Waals surface area contributed by atoms with Gasteiger partial charge >= 0.3 is 0 Å². The average molecular weight is 440 g/mol. The van der Waals surface area contributed by atoms with Gasteiger partial charge < -0.3 is 20.3 Å². The highest BCUT2D eigenvalue weighted by Crippen LogP contribution is 2.48. The molecular formula is C16H33IN4O2. The minimum atomic E-state index is 0. The molecule has 0 spiro atoms. The van der Waals surface area contributed by atoms with Crippen LogP contribution in [0.1, 0.15) is 39.5 Å². The van der Waals surface area contributed by atoms with Gasteiger partial charge in [-0.2, -0.15) is 0 Å². The van der Waals surface area contributed by atoms with Gasteiger partial charge in [0.05, 0.1) is 0 Å². The first-order valence-corrected chi connectivity index (χ1v) is 8.16. The fourth-order valence-electron chi connectivity index (χ4n) is 2.06. The van der Waals surface area contributed by atoms with Crippen molar-refractivity contribution in [2.75, 3.05) is 40.9 Å². The summed E-state index contributed by atoms with van der Waals surface area (Å²) in [6, 6.07) is 0.329. The topological polar surface area (TPSA) is 66.0 Å². The molecule has 1 rings (SSSR count). The van der Waals surface area contributed by atoms with E-state index in [1.807, 2.05) is 0 Å². The van der Waals surface area contributed by atoms with E-state index in [-0.39, 0.29) is 36.4 Å². The number of amides is 1. The summed E-state index contributed by atoms with van der Waals surface area (Å²) in [4.78, 5) is 17.7. The Morgan fingerprint density at radius 2 is 2.04 bits per heavy atom. The van der Waals surface area contributed by atoms with Gasteiger partial charge in [-0.3, -0.25) is 4.79 Å². The quantitative estimate of drug-likeness (QED) is 0.326. The number of likely N-dealkylation sites (N-methyl/N-ethyl adjacent to an activating group) is 1. The fraction of sp³-hybridized carbons (Fsp3) is 0.875. The van der Waals surface area contributed by atoms with E-state index in [9.17, 15) is 4.79 Å². The first-order valence-electron chi connectivity index (χ1n) is 8.16. The molecule has 1 fully saturated rings. The van der Waals surface area contributed by atoms with Crippen molar-refractivity contribution in [3.05, 3.63) is 0 Å². The number of ether oxygens (including phenoxy) is 1. The Bertz CT molecular complexity index is 384. The highest BCUT2D eigenvalue weighted by molar-refractivity contribution is 14.0. The molecule has 0 saturated heterocycles. The van der Waals surface area contributed by atoms with Crippen LogP contribution in [0.15, 0.2) is 4.99 Å². The third-order valence-corrected chi connectivity index (χ3v) is 4.29. The normalized spacial score (nSPS) is 17.0. The molecule has 0 bridgehead atoms. The third kappa shape index (κ3) is 8.74. The van der Waals surface area contributed by atoms with Gasteiger partial charge in [0.1, 0.15) is 6.54 Å². The van der Waals surface area contributed by atoms with E-state index in [1.165, 1.54) is 12.8 Å². The molecular weight excluding hydrogens is 407 g/mol. The average Bonchev–Trinajstić information content (AvgIpc) is 3.27. The van der Waals surface area contributed by atoms with E-state index >= 15 is 0 Å². The highest BCUT2D eigenvalue weighted by atomic mass is 127. The van der Waals surface area contributed by atoms with Crippen LogP contribution < -0.4 is 10.6 Å². The number of hydrogen-bond donors (Lipinski definition) is 2. The molecule has 1 unspecified atom stereocenters. The number of guanidine groups is 1. The van der Waals surface area contributed by atoms with Gasteiger partial charge in [-0.25, -0.2) is 4.99 Å². The van der Waals surface area contributed by atoms with Crippen molar-refractivity contribution >= 4 is 35.8 Å². The molecule has 0 aliphatic heterocycles. The second-order valence-electron chi connectivity index (χ2n) is 6.50. The lowest BCUT2D eigenvalue weighted by molar-refractivity contribution is -0.127. The van der Waals surface area contributed by atoms with Gasteiger partial charge in [-0.15, -0.1) is 24.0 Å². The van der Waals surface area contributed by atoms with Gasteiger partial charge in [0.25, 0.3) is 0 Å². The number of halogens is 1. The number of carbonyl (C=O) groups excluding carboxylic acids is 1. The molecule has 1 aliphatic carbocycles. The minimum absolute atomic E-state index is 0. The van der Waals surface area contributed by atoms with E-state index in [0.29, 0.717) is 11.5 Å². The Morgan fingerprint density at radius 3 is 2.52 bits per heavy atom. The molecule has 2 N–H and O–H groups in total. The van der Waals surface area contributed by atoms with Crippen LogP contribution in [0.4, 0.5) is 0 Å². The fourth-order valence-corrected chi connectivity index (χ4v) is 2.06. The number of aliphatic imine (C=N–C) groups is 1. The second-order valence-corrected chi connectivity index (χ2v) is 6.50. The summed E-state index contributed by atoms with van der Waals surface area (Å²) >= 11 is 0. The first kappa shape index (κ1) is 22.4. The Kier molecular flexibility index (Phi) is 10.8. The molecule has 0 aromatic heterocycles. The van der Waals surface area contributed by atoms with Crippen molar-refractivity contribution in [2.24, 2.45) is 10.4 Å². The molecule has 1 saturated carbocycles. The summed E-state index contributed by atoms with van der Waals surface area (Å²) in [6.07, 6.45) is 4.55. The van der Waals surface area contributed by atoms with Crippen molar-refractivity contribution in [2.45, 2.75) is 45.6 Å². The summed E-state index contributed by atoms with van der Waals surface area (Å²) in [5.41, 5.74) is 0.347. The Hall–Kier alpha value is -0.570. The van der Waals surface area contributed by atoms with Crippen LogP contribution in [0.5, 0.6) is 0 Å². The second kappa shape index (κ2) is 11.1. The molecule has 0 aromatic carbocycles. The lowest BCUT2D eigenvalue weighted by Gasteiger charge is -2.21. The van der Waals surface area contributed by atoms with Gasteiger partial charge in [0.2, 0.25) is 5.91 Å². The summed E-state index contributed by atoms with van der Waals surface area (Å²) in [5, 5.41) is 6.76. The van der Waals surface area contributed by atoms with Crippen molar-refractivity contribution in [1.29, 1.82) is 0 Å². The van der Waals surface area contributed by atoms with Crippen molar-refractivity contribution < 1.29 is 9.53 Å². The summed E-state index contributed by atoms with van der Waals surface area (Å²) < 4.78 is 5.19. The Morgan fingerprint density at radius 1 is 1.39 bits per heavy atom. The number of carbonyl (C=O) groups is 1. The van der Waals surface area contributed by atoms with Crippen LogP contribution in [0.2, 0.25) is 0 Å². The van der Waals surface area contributed by atoms with E-state index < -0.39 is 0 Å². The van der Waals surface area contributed by atoms with Gasteiger partial charge in [0, 0.05) is 40.4 Å². The maximum atomic E-state index is 11.7. The Labute approximate surface area is 157 Å². The SMILES string of the molecule is CCC(C)NC(=NCC(=O)N(C)C)NCC1(CCOC)CC1.I. The molecule has 0 heterocycles. The molecule has 1 atom stereocenters. The van der Waals surface area contributed by atoms with Gasteiger partial charge in [-0.05, 0) is 38.0 Å². The van der Waals surface area contributed by atoms with E-state index in [2.05, 4.69) is 29.5 Å². The number of nitrogens with zero attached hydrogens (tertiary/aromatic N) is 2. The largest absolute Gasteiger partial charge is 0.385 e. The monoisotopic (exact) mass is 440 g/mol. The number of nitrogens with one attached hydrogen (secondary N) is 2. The van der Waals surface area contributed by atoms with Gasteiger partial charge in [0.15, 0.2) is 5.96 Å². The van der Waals surface area contributed by atoms with Crippen LogP contribution in [0.3, 0.4) is 0 Å². The van der Waals surface area contributed by atoms with Crippen LogP contribution in [0, 0.1) is 5.41 Å². The summed E-state index contributed by atoms with van der Waals surface area (Å²) in [6.45, 7) is 6.09. The molecule has 7 heteroatoms. The van der Waals surface area contributed by atoms with Crippen LogP contribution in [-0.2, 0) is 9.53 Å². The number of methoxy groups -OCH3 is 1. The lowest BCUT2D eigenvalue weighted by Crippen LogP contribution is -2.44.